The van der Waals surface area contributed by atoms with E-state index in [1.807, 2.05) is 0 Å². The van der Waals surface area contributed by atoms with Gasteiger partial charge in [-0.05, 0) is 30.7 Å². The molecule has 1 rings (SSSR count). The van der Waals surface area contributed by atoms with Crippen LogP contribution in [-0.4, -0.2) is 13.9 Å². The van der Waals surface area contributed by atoms with Crippen LogP contribution >= 0.6 is 15.9 Å². The lowest BCUT2D eigenvalue weighted by Gasteiger charge is -2.10. The van der Waals surface area contributed by atoms with Crippen molar-refractivity contribution in [3.63, 3.8) is 0 Å². The number of halogens is 4. The van der Waals surface area contributed by atoms with Gasteiger partial charge in [-0.2, -0.15) is 21.6 Å². The average molecular weight is 319 g/mol. The van der Waals surface area contributed by atoms with Crippen LogP contribution in [0.15, 0.2) is 22.7 Å². The summed E-state index contributed by atoms with van der Waals surface area (Å²) in [5.41, 5.74) is -4.86. The summed E-state index contributed by atoms with van der Waals surface area (Å²) in [6.45, 7) is 1.60. The molecule has 0 aliphatic heterocycles. The Morgan fingerprint density at radius 3 is 2.25 bits per heavy atom. The zero-order chi connectivity index (χ0) is 12.6. The normalized spacial score (nSPS) is 12.6. The summed E-state index contributed by atoms with van der Waals surface area (Å²) >= 11 is 3.01. The van der Waals surface area contributed by atoms with E-state index in [-0.39, 0.29) is 5.75 Å². The van der Waals surface area contributed by atoms with Gasteiger partial charge in [0.25, 0.3) is 0 Å². The molecule has 0 aromatic heterocycles. The first-order valence-electron chi connectivity index (χ1n) is 3.90. The highest BCUT2D eigenvalue weighted by atomic mass is 79.9. The van der Waals surface area contributed by atoms with Gasteiger partial charge in [0.05, 0.1) is 0 Å². The lowest BCUT2D eigenvalue weighted by molar-refractivity contribution is -0.0500. The van der Waals surface area contributed by atoms with E-state index in [0.717, 1.165) is 6.07 Å². The molecule has 16 heavy (non-hydrogen) atoms. The second-order valence-electron chi connectivity index (χ2n) is 2.95. The van der Waals surface area contributed by atoms with Gasteiger partial charge >= 0.3 is 15.6 Å². The Morgan fingerprint density at radius 2 is 1.81 bits per heavy atom. The van der Waals surface area contributed by atoms with Crippen molar-refractivity contribution in [1.82, 2.24) is 0 Å². The number of hydrogen-bond acceptors (Lipinski definition) is 3. The van der Waals surface area contributed by atoms with E-state index < -0.39 is 15.6 Å². The van der Waals surface area contributed by atoms with Gasteiger partial charge in [-0.25, -0.2) is 0 Å². The second-order valence-corrected chi connectivity index (χ2v) is 5.40. The molecule has 0 aliphatic rings. The predicted octanol–water partition coefficient (Wildman–Crippen LogP) is 2.99. The molecule has 0 radical (unpaired) electrons. The monoisotopic (exact) mass is 318 g/mol. The molecular weight excluding hydrogens is 313 g/mol. The van der Waals surface area contributed by atoms with Crippen LogP contribution in [-0.2, 0) is 10.1 Å². The van der Waals surface area contributed by atoms with Crippen molar-refractivity contribution in [1.29, 1.82) is 0 Å². The molecule has 0 heterocycles. The van der Waals surface area contributed by atoms with Gasteiger partial charge in [0.1, 0.15) is 5.75 Å². The first-order chi connectivity index (χ1) is 7.12. The highest BCUT2D eigenvalue weighted by molar-refractivity contribution is 9.10. The second kappa shape index (κ2) is 4.25. The number of aryl methyl sites for hydroxylation is 1. The Bertz CT molecular complexity index is 475. The maximum absolute atomic E-state index is 12.0. The van der Waals surface area contributed by atoms with Crippen molar-refractivity contribution in [2.24, 2.45) is 0 Å². The first-order valence-corrected chi connectivity index (χ1v) is 6.10. The Labute approximate surface area is 98.5 Å². The molecule has 3 nitrogen and oxygen atoms in total. The van der Waals surface area contributed by atoms with Gasteiger partial charge < -0.3 is 4.18 Å². The summed E-state index contributed by atoms with van der Waals surface area (Å²) in [5.74, 6) is -0.385. The molecule has 0 saturated carbocycles. The third-order valence-corrected chi connectivity index (χ3v) is 2.94. The molecule has 0 fully saturated rings. The van der Waals surface area contributed by atoms with Crippen molar-refractivity contribution in [3.05, 3.63) is 28.2 Å². The van der Waals surface area contributed by atoms with Crippen molar-refractivity contribution >= 4 is 26.0 Å². The molecule has 0 aliphatic carbocycles. The van der Waals surface area contributed by atoms with Crippen molar-refractivity contribution in [2.45, 2.75) is 12.4 Å². The summed E-state index contributed by atoms with van der Waals surface area (Å²) in [5, 5.41) is 0. The molecule has 1 aromatic rings. The number of hydrogen-bond donors (Lipinski definition) is 0. The summed E-state index contributed by atoms with van der Waals surface area (Å²) in [4.78, 5) is 0. The molecular formula is C8H6BrF3O3S. The third kappa shape index (κ3) is 3.11. The van der Waals surface area contributed by atoms with E-state index in [1.165, 1.54) is 6.07 Å². The van der Waals surface area contributed by atoms with E-state index >= 15 is 0 Å². The maximum Gasteiger partial charge on any atom is 0.534 e. The number of benzene rings is 1. The van der Waals surface area contributed by atoms with Gasteiger partial charge in [-0.15, -0.1) is 0 Å². The molecule has 0 amide bonds. The van der Waals surface area contributed by atoms with Gasteiger partial charge in [0, 0.05) is 4.47 Å². The summed E-state index contributed by atoms with van der Waals surface area (Å²) < 4.78 is 61.7. The predicted molar refractivity (Wildman–Crippen MR) is 54.5 cm³/mol. The Morgan fingerprint density at radius 1 is 1.25 bits per heavy atom. The fourth-order valence-electron chi connectivity index (χ4n) is 0.925. The molecule has 1 aromatic carbocycles. The van der Waals surface area contributed by atoms with Crippen molar-refractivity contribution in [3.8, 4) is 5.75 Å². The Balaban J connectivity index is 3.07. The average Bonchev–Trinajstić information content (AvgIpc) is 1.97. The molecule has 0 spiro atoms. The van der Waals surface area contributed by atoms with Gasteiger partial charge in [-0.1, -0.05) is 15.9 Å². The van der Waals surface area contributed by atoms with E-state index in [9.17, 15) is 21.6 Å². The van der Waals surface area contributed by atoms with Crippen LogP contribution in [0.4, 0.5) is 13.2 Å². The minimum Gasteiger partial charge on any atom is -0.376 e. The van der Waals surface area contributed by atoms with E-state index in [4.69, 9.17) is 0 Å². The lowest BCUT2D eigenvalue weighted by Crippen LogP contribution is -2.28. The first kappa shape index (κ1) is 13.3. The maximum atomic E-state index is 12.0. The zero-order valence-electron chi connectivity index (χ0n) is 7.88. The zero-order valence-corrected chi connectivity index (χ0v) is 10.3. The molecule has 90 valence electrons. The largest absolute Gasteiger partial charge is 0.534 e. The number of rotatable bonds is 2. The molecule has 8 heteroatoms. The van der Waals surface area contributed by atoms with Crippen LogP contribution in [0.3, 0.4) is 0 Å². The van der Waals surface area contributed by atoms with E-state index in [2.05, 4.69) is 20.1 Å². The summed E-state index contributed by atoms with van der Waals surface area (Å²) in [6, 6.07) is 3.93. The highest BCUT2D eigenvalue weighted by Gasteiger charge is 2.48. The van der Waals surface area contributed by atoms with E-state index in [0.29, 0.717) is 10.0 Å². The standard InChI is InChI=1S/C8H6BrF3O3S/c1-5-2-6(9)4-7(3-5)15-16(13,14)8(10,11)12/h2-4H,1H3. The van der Waals surface area contributed by atoms with E-state index in [1.54, 1.807) is 13.0 Å². The van der Waals surface area contributed by atoms with Crippen LogP contribution in [0.1, 0.15) is 5.56 Å². The Kier molecular flexibility index (Phi) is 3.53. The highest BCUT2D eigenvalue weighted by Crippen LogP contribution is 2.29. The molecule has 0 unspecified atom stereocenters. The Hall–Kier alpha value is -0.760. The molecule has 0 atom stereocenters. The summed E-state index contributed by atoms with van der Waals surface area (Å²) in [6.07, 6.45) is 0. The van der Waals surface area contributed by atoms with Crippen LogP contribution < -0.4 is 4.18 Å². The molecule has 0 saturated heterocycles. The smallest absolute Gasteiger partial charge is 0.376 e. The summed E-state index contributed by atoms with van der Waals surface area (Å²) in [7, 11) is -5.61. The van der Waals surface area contributed by atoms with Crippen molar-refractivity contribution in [2.75, 3.05) is 0 Å². The topological polar surface area (TPSA) is 43.4 Å². The molecule has 0 bridgehead atoms. The fraction of sp³-hybridized carbons (Fsp3) is 0.250. The lowest BCUT2D eigenvalue weighted by atomic mass is 10.2. The van der Waals surface area contributed by atoms with Crippen LogP contribution in [0.2, 0.25) is 0 Å². The van der Waals surface area contributed by atoms with Gasteiger partial charge in [-0.3, -0.25) is 0 Å². The van der Waals surface area contributed by atoms with Crippen molar-refractivity contribution < 1.29 is 25.8 Å². The van der Waals surface area contributed by atoms with Crippen LogP contribution in [0.25, 0.3) is 0 Å². The minimum atomic E-state index is -5.61. The number of alkyl halides is 3. The SMILES string of the molecule is Cc1cc(Br)cc(OS(=O)(=O)C(F)(F)F)c1. The quantitative estimate of drug-likeness (QED) is 0.622. The van der Waals surface area contributed by atoms with Crippen LogP contribution in [0.5, 0.6) is 5.75 Å². The third-order valence-electron chi connectivity index (χ3n) is 1.51. The van der Waals surface area contributed by atoms with Gasteiger partial charge in [0.2, 0.25) is 0 Å². The molecule has 0 N–H and O–H groups in total. The minimum absolute atomic E-state index is 0.385. The fourth-order valence-corrected chi connectivity index (χ4v) is 1.96. The van der Waals surface area contributed by atoms with Crippen LogP contribution in [0, 0.1) is 6.92 Å². The van der Waals surface area contributed by atoms with Gasteiger partial charge in [0.15, 0.2) is 0 Å².